The van der Waals surface area contributed by atoms with E-state index in [1.807, 2.05) is 0 Å². The number of Topliss-reactive ketones (excluding diaryl/α,β-unsaturated/α-hetero) is 2. The van der Waals surface area contributed by atoms with Gasteiger partial charge in [0.15, 0.2) is 18.2 Å². The maximum atomic E-state index is 12.9. The number of aliphatic hydroxyl groups excluding tert-OH is 1. The summed E-state index contributed by atoms with van der Waals surface area (Å²) in [6.07, 6.45) is 0.321. The Labute approximate surface area is 270 Å². The number of halogens is 1. The van der Waals surface area contributed by atoms with E-state index in [9.17, 15) is 34.4 Å². The lowest BCUT2D eigenvalue weighted by Crippen LogP contribution is -2.44. The van der Waals surface area contributed by atoms with Gasteiger partial charge in [0.25, 0.3) is 0 Å². The average molecular weight is 653 g/mol. The number of hydrogen-bond acceptors (Lipinski definition) is 10. The molecule has 1 aliphatic rings. The standard InChI is InChI=1S/C33H33ClN2O10/c1-33(2,3)46-32(41)35-15-7-10-25(35)31(40)45-19-27(39)21-11-13-22(14-12-21)28-24(34)16-23(26(38)17-37)30(29(28)36(42)43)44-18-20-8-5-4-6-9-20/h4-6,8-9,11-14,16,25,37H,7,10,15,17-19H2,1-3H3/t25-/m0/s1. The Hall–Kier alpha value is -4.81. The van der Waals surface area contributed by atoms with Crippen LogP contribution in [-0.2, 0) is 20.9 Å². The van der Waals surface area contributed by atoms with Gasteiger partial charge in [-0.15, -0.1) is 0 Å². The van der Waals surface area contributed by atoms with E-state index in [0.29, 0.717) is 24.9 Å². The molecule has 13 heteroatoms. The largest absolute Gasteiger partial charge is 0.481 e. The van der Waals surface area contributed by atoms with Crippen molar-refractivity contribution in [1.82, 2.24) is 4.90 Å². The first-order valence-corrected chi connectivity index (χ1v) is 14.8. The van der Waals surface area contributed by atoms with Crippen LogP contribution in [0.2, 0.25) is 5.02 Å². The van der Waals surface area contributed by atoms with Gasteiger partial charge in [0.2, 0.25) is 5.75 Å². The predicted octanol–water partition coefficient (Wildman–Crippen LogP) is 5.79. The van der Waals surface area contributed by atoms with E-state index in [1.165, 1.54) is 35.2 Å². The van der Waals surface area contributed by atoms with Crippen molar-refractivity contribution in [1.29, 1.82) is 0 Å². The van der Waals surface area contributed by atoms with Gasteiger partial charge < -0.3 is 19.3 Å². The first kappa shape index (κ1) is 34.1. The molecule has 1 amide bonds. The number of nitro groups is 1. The second-order valence-corrected chi connectivity index (χ2v) is 11.9. The molecule has 0 aromatic heterocycles. The quantitative estimate of drug-likeness (QED) is 0.116. The highest BCUT2D eigenvalue weighted by Crippen LogP contribution is 2.45. The van der Waals surface area contributed by atoms with Gasteiger partial charge in [0, 0.05) is 12.1 Å². The number of benzene rings is 3. The van der Waals surface area contributed by atoms with Gasteiger partial charge in [-0.1, -0.05) is 66.2 Å². The minimum atomic E-state index is -0.921. The molecular formula is C33H33ClN2O10. The normalized spacial score (nSPS) is 14.5. The number of esters is 1. The second kappa shape index (κ2) is 14.5. The van der Waals surface area contributed by atoms with Crippen molar-refractivity contribution in [2.75, 3.05) is 19.8 Å². The molecule has 0 bridgehead atoms. The van der Waals surface area contributed by atoms with Crippen molar-refractivity contribution in [2.45, 2.75) is 51.9 Å². The molecule has 4 rings (SSSR count). The van der Waals surface area contributed by atoms with E-state index in [-0.39, 0.29) is 39.6 Å². The Balaban J connectivity index is 1.54. The van der Waals surface area contributed by atoms with Crippen molar-refractivity contribution in [3.05, 3.63) is 92.5 Å². The number of hydrogen-bond donors (Lipinski definition) is 1. The minimum Gasteiger partial charge on any atom is -0.481 e. The van der Waals surface area contributed by atoms with Crippen LogP contribution in [0.1, 0.15) is 59.9 Å². The van der Waals surface area contributed by atoms with Gasteiger partial charge in [0.05, 0.1) is 21.1 Å². The van der Waals surface area contributed by atoms with E-state index in [0.717, 1.165) is 0 Å². The van der Waals surface area contributed by atoms with Crippen molar-refractivity contribution >= 4 is 40.9 Å². The summed E-state index contributed by atoms with van der Waals surface area (Å²) in [7, 11) is 0. The van der Waals surface area contributed by atoms with Crippen LogP contribution in [0.3, 0.4) is 0 Å². The van der Waals surface area contributed by atoms with E-state index in [4.69, 9.17) is 25.8 Å². The van der Waals surface area contributed by atoms with Crippen LogP contribution in [0.4, 0.5) is 10.5 Å². The van der Waals surface area contributed by atoms with Crippen LogP contribution in [0.25, 0.3) is 11.1 Å². The number of ketones is 2. The molecule has 0 spiro atoms. The molecule has 1 N–H and O–H groups in total. The van der Waals surface area contributed by atoms with Crippen molar-refractivity contribution in [2.24, 2.45) is 0 Å². The fourth-order valence-corrected chi connectivity index (χ4v) is 5.23. The Morgan fingerprint density at radius 1 is 1.04 bits per heavy atom. The van der Waals surface area contributed by atoms with Crippen LogP contribution in [0.15, 0.2) is 60.7 Å². The highest BCUT2D eigenvalue weighted by Gasteiger charge is 2.38. The van der Waals surface area contributed by atoms with Gasteiger partial charge in [0.1, 0.15) is 24.9 Å². The van der Waals surface area contributed by atoms with Gasteiger partial charge in [-0.2, -0.15) is 0 Å². The van der Waals surface area contributed by atoms with Crippen LogP contribution >= 0.6 is 11.6 Å². The monoisotopic (exact) mass is 652 g/mol. The summed E-state index contributed by atoms with van der Waals surface area (Å²) in [5.41, 5.74) is -0.548. The summed E-state index contributed by atoms with van der Waals surface area (Å²) in [5.74, 6) is -2.44. The number of rotatable bonds is 11. The second-order valence-electron chi connectivity index (χ2n) is 11.5. The average Bonchev–Trinajstić information content (AvgIpc) is 3.52. The molecule has 0 radical (unpaired) electrons. The lowest BCUT2D eigenvalue weighted by molar-refractivity contribution is -0.385. The van der Waals surface area contributed by atoms with Crippen molar-refractivity contribution < 1.29 is 43.4 Å². The number of aliphatic hydroxyl groups is 1. The third kappa shape index (κ3) is 8.06. The molecule has 3 aromatic rings. The van der Waals surface area contributed by atoms with E-state index >= 15 is 0 Å². The number of carbonyl (C=O) groups is 4. The van der Waals surface area contributed by atoms with Crippen molar-refractivity contribution in [3.63, 3.8) is 0 Å². The van der Waals surface area contributed by atoms with E-state index in [1.54, 1.807) is 51.1 Å². The molecule has 1 aliphatic heterocycles. The number of carbonyl (C=O) groups excluding carboxylic acids is 4. The maximum Gasteiger partial charge on any atom is 0.411 e. The van der Waals surface area contributed by atoms with Crippen LogP contribution in [0.5, 0.6) is 5.75 Å². The van der Waals surface area contributed by atoms with Gasteiger partial charge in [-0.05, 0) is 50.8 Å². The van der Waals surface area contributed by atoms with Crippen LogP contribution in [-0.4, -0.2) is 70.0 Å². The van der Waals surface area contributed by atoms with Crippen LogP contribution < -0.4 is 4.74 Å². The molecule has 1 heterocycles. The Morgan fingerprint density at radius 3 is 2.33 bits per heavy atom. The fraction of sp³-hybridized carbons (Fsp3) is 0.333. The Bertz CT molecular complexity index is 1630. The molecule has 1 fully saturated rings. The number of nitro benzene ring substituents is 1. The predicted molar refractivity (Wildman–Crippen MR) is 167 cm³/mol. The van der Waals surface area contributed by atoms with Gasteiger partial charge >= 0.3 is 17.7 Å². The van der Waals surface area contributed by atoms with Gasteiger partial charge in [-0.3, -0.25) is 24.6 Å². The fourth-order valence-electron chi connectivity index (χ4n) is 4.93. The summed E-state index contributed by atoms with van der Waals surface area (Å²) in [6.45, 7) is 3.87. The number of amides is 1. The highest BCUT2D eigenvalue weighted by atomic mass is 35.5. The Kier molecular flexibility index (Phi) is 10.8. The zero-order valence-electron chi connectivity index (χ0n) is 25.5. The molecule has 1 atom stereocenters. The topological polar surface area (TPSA) is 163 Å². The lowest BCUT2D eigenvalue weighted by Gasteiger charge is -2.27. The molecule has 1 saturated heterocycles. The molecule has 242 valence electrons. The third-order valence-corrected chi connectivity index (χ3v) is 7.35. The number of likely N-dealkylation sites (tertiary alicyclic amines) is 1. The maximum absolute atomic E-state index is 12.9. The van der Waals surface area contributed by atoms with E-state index in [2.05, 4.69) is 0 Å². The first-order valence-electron chi connectivity index (χ1n) is 14.4. The zero-order valence-corrected chi connectivity index (χ0v) is 26.2. The highest BCUT2D eigenvalue weighted by molar-refractivity contribution is 6.34. The summed E-state index contributed by atoms with van der Waals surface area (Å²) in [6, 6.07) is 14.8. The molecule has 0 aliphatic carbocycles. The first-order chi connectivity index (χ1) is 21.8. The zero-order chi connectivity index (χ0) is 33.6. The number of ether oxygens (including phenoxy) is 3. The lowest BCUT2D eigenvalue weighted by atomic mass is 9.97. The number of nitrogens with zero attached hydrogens (tertiary/aromatic N) is 2. The third-order valence-electron chi connectivity index (χ3n) is 7.05. The molecule has 3 aromatic carbocycles. The molecule has 0 unspecified atom stereocenters. The Morgan fingerprint density at radius 2 is 1.72 bits per heavy atom. The molecule has 12 nitrogen and oxygen atoms in total. The minimum absolute atomic E-state index is 0.0573. The molecule has 0 saturated carbocycles. The smallest absolute Gasteiger partial charge is 0.411 e. The molecule has 46 heavy (non-hydrogen) atoms. The SMILES string of the molecule is CC(C)(C)OC(=O)N1CCC[C@H]1C(=O)OCC(=O)c1ccc(-c2c(Cl)cc(C(=O)CO)c(OCc3ccccc3)c2[N+](=O)[O-])cc1. The van der Waals surface area contributed by atoms with Crippen molar-refractivity contribution in [3.8, 4) is 16.9 Å². The summed E-state index contributed by atoms with van der Waals surface area (Å²) in [5, 5.41) is 21.7. The van der Waals surface area contributed by atoms with Crippen LogP contribution in [0, 0.1) is 10.1 Å². The van der Waals surface area contributed by atoms with E-state index < -0.39 is 59.1 Å². The summed E-state index contributed by atoms with van der Waals surface area (Å²) in [4.78, 5) is 63.6. The van der Waals surface area contributed by atoms with Gasteiger partial charge in [-0.25, -0.2) is 9.59 Å². The summed E-state index contributed by atoms with van der Waals surface area (Å²) < 4.78 is 16.4. The summed E-state index contributed by atoms with van der Waals surface area (Å²) >= 11 is 6.47. The molecular weight excluding hydrogens is 620 g/mol.